The van der Waals surface area contributed by atoms with Gasteiger partial charge in [-0.3, -0.25) is 4.99 Å². The van der Waals surface area contributed by atoms with Gasteiger partial charge in [-0.1, -0.05) is 34.1 Å². The molecular weight excluding hydrogens is 194 g/mol. The molecular formula is C15H31N. The van der Waals surface area contributed by atoms with E-state index in [9.17, 15) is 0 Å². The van der Waals surface area contributed by atoms with Crippen molar-refractivity contribution in [2.45, 2.75) is 79.7 Å². The van der Waals surface area contributed by atoms with E-state index < -0.39 is 0 Å². The fourth-order valence-corrected chi connectivity index (χ4v) is 2.37. The molecule has 0 aromatic heterocycles. The Bertz CT molecular complexity index is 190. The molecule has 16 heavy (non-hydrogen) atoms. The van der Waals surface area contributed by atoms with Crippen LogP contribution in [0.2, 0.25) is 0 Å². The van der Waals surface area contributed by atoms with E-state index in [1.165, 1.54) is 37.8 Å². The van der Waals surface area contributed by atoms with E-state index in [1.54, 1.807) is 0 Å². The minimum Gasteiger partial charge on any atom is -0.291 e. The SMILES string of the molecule is CCCC(CCC(C)CC(C)C)N=C(C)C. The molecule has 0 heterocycles. The molecule has 1 nitrogen and oxygen atoms in total. The predicted molar refractivity (Wildman–Crippen MR) is 75.3 cm³/mol. The van der Waals surface area contributed by atoms with Gasteiger partial charge in [-0.15, -0.1) is 0 Å². The van der Waals surface area contributed by atoms with Gasteiger partial charge < -0.3 is 0 Å². The van der Waals surface area contributed by atoms with Crippen molar-refractivity contribution in [3.63, 3.8) is 0 Å². The lowest BCUT2D eigenvalue weighted by atomic mass is 9.92. The van der Waals surface area contributed by atoms with Gasteiger partial charge in [0.25, 0.3) is 0 Å². The van der Waals surface area contributed by atoms with Crippen LogP contribution in [0.25, 0.3) is 0 Å². The van der Waals surface area contributed by atoms with Crippen molar-refractivity contribution in [3.05, 3.63) is 0 Å². The van der Waals surface area contributed by atoms with Crippen LogP contribution in [0.5, 0.6) is 0 Å². The van der Waals surface area contributed by atoms with Gasteiger partial charge >= 0.3 is 0 Å². The zero-order valence-electron chi connectivity index (χ0n) is 12.2. The van der Waals surface area contributed by atoms with Crippen molar-refractivity contribution in [2.75, 3.05) is 0 Å². The molecule has 0 N–H and O–H groups in total. The molecule has 96 valence electrons. The first kappa shape index (κ1) is 15.7. The summed E-state index contributed by atoms with van der Waals surface area (Å²) in [6.45, 7) is 13.5. The Morgan fingerprint density at radius 2 is 1.62 bits per heavy atom. The molecule has 2 unspecified atom stereocenters. The van der Waals surface area contributed by atoms with Crippen molar-refractivity contribution < 1.29 is 0 Å². The lowest BCUT2D eigenvalue weighted by Gasteiger charge is -2.17. The summed E-state index contributed by atoms with van der Waals surface area (Å²) in [6.07, 6.45) is 6.46. The van der Waals surface area contributed by atoms with Crippen molar-refractivity contribution in [3.8, 4) is 0 Å². The van der Waals surface area contributed by atoms with Crippen LogP contribution < -0.4 is 0 Å². The van der Waals surface area contributed by atoms with E-state index in [-0.39, 0.29) is 0 Å². The Hall–Kier alpha value is -0.330. The van der Waals surface area contributed by atoms with E-state index >= 15 is 0 Å². The van der Waals surface area contributed by atoms with Gasteiger partial charge in [0.2, 0.25) is 0 Å². The summed E-state index contributed by atoms with van der Waals surface area (Å²) < 4.78 is 0. The maximum absolute atomic E-state index is 4.73. The van der Waals surface area contributed by atoms with Crippen molar-refractivity contribution >= 4 is 5.71 Å². The first-order valence-electron chi connectivity index (χ1n) is 6.96. The highest BCUT2D eigenvalue weighted by molar-refractivity contribution is 5.79. The van der Waals surface area contributed by atoms with E-state index in [1.807, 2.05) is 0 Å². The molecule has 0 radical (unpaired) electrons. The van der Waals surface area contributed by atoms with Crippen molar-refractivity contribution in [1.29, 1.82) is 0 Å². The fourth-order valence-electron chi connectivity index (χ4n) is 2.37. The quantitative estimate of drug-likeness (QED) is 0.510. The van der Waals surface area contributed by atoms with Gasteiger partial charge in [0.1, 0.15) is 0 Å². The monoisotopic (exact) mass is 225 g/mol. The van der Waals surface area contributed by atoms with Gasteiger partial charge in [0.15, 0.2) is 0 Å². The highest BCUT2D eigenvalue weighted by atomic mass is 14.8. The summed E-state index contributed by atoms with van der Waals surface area (Å²) in [7, 11) is 0. The molecule has 0 saturated heterocycles. The minimum absolute atomic E-state index is 0.574. The molecule has 0 aliphatic rings. The topological polar surface area (TPSA) is 12.4 Å². The molecule has 0 aromatic carbocycles. The minimum atomic E-state index is 0.574. The van der Waals surface area contributed by atoms with Gasteiger partial charge in [0.05, 0.1) is 0 Å². The first-order valence-corrected chi connectivity index (χ1v) is 6.96. The molecule has 0 rings (SSSR count). The van der Waals surface area contributed by atoms with Gasteiger partial charge in [0, 0.05) is 11.8 Å². The van der Waals surface area contributed by atoms with Crippen LogP contribution in [0.15, 0.2) is 4.99 Å². The molecule has 0 spiro atoms. The summed E-state index contributed by atoms with van der Waals surface area (Å²) in [5, 5.41) is 0. The number of hydrogen-bond donors (Lipinski definition) is 0. The highest BCUT2D eigenvalue weighted by Gasteiger charge is 2.10. The van der Waals surface area contributed by atoms with E-state index in [4.69, 9.17) is 4.99 Å². The molecule has 2 atom stereocenters. The van der Waals surface area contributed by atoms with Gasteiger partial charge in [-0.2, -0.15) is 0 Å². The second-order valence-corrected chi connectivity index (χ2v) is 5.83. The summed E-state index contributed by atoms with van der Waals surface area (Å²) in [5.74, 6) is 1.68. The zero-order chi connectivity index (χ0) is 12.6. The lowest BCUT2D eigenvalue weighted by molar-refractivity contribution is 0.385. The van der Waals surface area contributed by atoms with E-state index in [0.29, 0.717) is 6.04 Å². The van der Waals surface area contributed by atoms with Crippen LogP contribution in [0.4, 0.5) is 0 Å². The van der Waals surface area contributed by atoms with Crippen molar-refractivity contribution in [2.24, 2.45) is 16.8 Å². The average Bonchev–Trinajstić information content (AvgIpc) is 2.12. The Kier molecular flexibility index (Phi) is 8.60. The summed E-state index contributed by atoms with van der Waals surface area (Å²) in [5.41, 5.74) is 1.23. The maximum atomic E-state index is 4.73. The van der Waals surface area contributed by atoms with Gasteiger partial charge in [-0.05, 0) is 51.4 Å². The first-order chi connectivity index (χ1) is 7.45. The zero-order valence-corrected chi connectivity index (χ0v) is 12.2. The molecule has 0 aliphatic carbocycles. The third-order valence-corrected chi connectivity index (χ3v) is 2.93. The number of nitrogens with zero attached hydrogens (tertiary/aromatic N) is 1. The summed E-state index contributed by atoms with van der Waals surface area (Å²) in [4.78, 5) is 4.73. The Morgan fingerprint density at radius 3 is 2.06 bits per heavy atom. The molecule has 1 heteroatoms. The third kappa shape index (κ3) is 8.94. The maximum Gasteiger partial charge on any atom is 0.0498 e. The smallest absolute Gasteiger partial charge is 0.0498 e. The second kappa shape index (κ2) is 8.78. The second-order valence-electron chi connectivity index (χ2n) is 5.83. The Labute approximate surface area is 103 Å². The van der Waals surface area contributed by atoms with E-state index in [0.717, 1.165) is 11.8 Å². The van der Waals surface area contributed by atoms with Crippen LogP contribution in [-0.4, -0.2) is 11.8 Å². The molecule has 0 saturated carbocycles. The average molecular weight is 225 g/mol. The number of hydrogen-bond acceptors (Lipinski definition) is 1. The number of rotatable bonds is 8. The molecule has 0 aromatic rings. The van der Waals surface area contributed by atoms with Crippen LogP contribution in [-0.2, 0) is 0 Å². The van der Waals surface area contributed by atoms with Crippen LogP contribution >= 0.6 is 0 Å². The summed E-state index contributed by atoms with van der Waals surface area (Å²) in [6, 6.07) is 0.574. The molecule has 0 bridgehead atoms. The standard InChI is InChI=1S/C15H31N/c1-7-8-15(16-13(4)5)10-9-14(6)11-12(2)3/h12,14-15H,7-11H2,1-6H3. The number of aliphatic imine (C=N–C) groups is 1. The van der Waals surface area contributed by atoms with Crippen LogP contribution in [0, 0.1) is 11.8 Å². The van der Waals surface area contributed by atoms with E-state index in [2.05, 4.69) is 41.5 Å². The van der Waals surface area contributed by atoms with Crippen LogP contribution in [0.3, 0.4) is 0 Å². The Balaban J connectivity index is 3.96. The third-order valence-electron chi connectivity index (χ3n) is 2.93. The molecule has 0 fully saturated rings. The molecule has 0 amide bonds. The summed E-state index contributed by atoms with van der Waals surface area (Å²) >= 11 is 0. The predicted octanol–water partition coefficient (Wildman–Crippen LogP) is 5.10. The fraction of sp³-hybridized carbons (Fsp3) is 0.933. The normalized spacial score (nSPS) is 14.9. The molecule has 0 aliphatic heterocycles. The van der Waals surface area contributed by atoms with Crippen LogP contribution in [0.1, 0.15) is 73.6 Å². The largest absolute Gasteiger partial charge is 0.291 e. The lowest BCUT2D eigenvalue weighted by Crippen LogP contribution is -2.09. The van der Waals surface area contributed by atoms with Gasteiger partial charge in [-0.25, -0.2) is 0 Å². The highest BCUT2D eigenvalue weighted by Crippen LogP contribution is 2.20. The Morgan fingerprint density at radius 1 is 1.00 bits per heavy atom. The van der Waals surface area contributed by atoms with Crippen molar-refractivity contribution in [1.82, 2.24) is 0 Å².